The summed E-state index contributed by atoms with van der Waals surface area (Å²) in [5, 5.41) is 0.905. The van der Waals surface area contributed by atoms with Crippen molar-refractivity contribution >= 4 is 32.8 Å². The van der Waals surface area contributed by atoms with Crippen LogP contribution in [-0.2, 0) is 11.4 Å². The lowest BCUT2D eigenvalue weighted by Gasteiger charge is -2.04. The lowest BCUT2D eigenvalue weighted by molar-refractivity contribution is 0.0213. The number of carbonyl (C=O) groups excluding carboxylic acids is 1. The maximum Gasteiger partial charge on any atom is 0.310 e. The highest BCUT2D eigenvalue weighted by atomic mass is 79.9. The Morgan fingerprint density at radius 2 is 2.00 bits per heavy atom. The van der Waals surface area contributed by atoms with Crippen molar-refractivity contribution in [2.45, 2.75) is 13.5 Å². The number of benzene rings is 2. The van der Waals surface area contributed by atoms with E-state index in [0.29, 0.717) is 12.2 Å². The van der Waals surface area contributed by atoms with Crippen molar-refractivity contribution in [2.24, 2.45) is 0 Å². The fourth-order valence-electron chi connectivity index (χ4n) is 2.22. The van der Waals surface area contributed by atoms with E-state index in [1.54, 1.807) is 0 Å². The van der Waals surface area contributed by atoms with Crippen molar-refractivity contribution in [3.8, 4) is 0 Å². The van der Waals surface area contributed by atoms with Crippen LogP contribution in [0.25, 0.3) is 11.0 Å². The largest absolute Gasteiger partial charge is 0.451 e. The van der Waals surface area contributed by atoms with Crippen LogP contribution in [-0.4, -0.2) is 5.91 Å². The highest BCUT2D eigenvalue weighted by Gasteiger charge is 2.17. The second-order valence-electron chi connectivity index (χ2n) is 4.90. The first kappa shape index (κ1) is 14.8. The van der Waals surface area contributed by atoms with Gasteiger partial charge in [0.25, 0.3) is 0 Å². The van der Waals surface area contributed by atoms with Crippen LogP contribution in [0.1, 0.15) is 21.7 Å². The van der Waals surface area contributed by atoms with Gasteiger partial charge < -0.3 is 4.42 Å². The summed E-state index contributed by atoms with van der Waals surface area (Å²) >= 11 is 3.41. The SMILES string of the molecule is Cc1c(C(=O)NOCc2ccccc2)oc2ccc(Br)cc12. The average Bonchev–Trinajstić information content (AvgIpc) is 2.85. The summed E-state index contributed by atoms with van der Waals surface area (Å²) in [4.78, 5) is 17.4. The number of carbonyl (C=O) groups is 1. The van der Waals surface area contributed by atoms with Crippen molar-refractivity contribution < 1.29 is 14.0 Å². The molecule has 112 valence electrons. The van der Waals surface area contributed by atoms with E-state index in [1.165, 1.54) is 0 Å². The van der Waals surface area contributed by atoms with Crippen LogP contribution in [0.2, 0.25) is 0 Å². The third kappa shape index (κ3) is 3.05. The third-order valence-corrected chi connectivity index (χ3v) is 3.84. The number of fused-ring (bicyclic) bond motifs is 1. The molecule has 1 amide bonds. The predicted molar refractivity (Wildman–Crippen MR) is 87.3 cm³/mol. The number of halogens is 1. The van der Waals surface area contributed by atoms with Gasteiger partial charge in [-0.1, -0.05) is 46.3 Å². The molecule has 0 saturated carbocycles. The Hall–Kier alpha value is -2.11. The first-order valence-corrected chi connectivity index (χ1v) is 7.59. The van der Waals surface area contributed by atoms with E-state index in [4.69, 9.17) is 9.25 Å². The van der Waals surface area contributed by atoms with Crippen LogP contribution in [0, 0.1) is 6.92 Å². The Bertz CT molecular complexity index is 811. The molecule has 3 aromatic rings. The molecular weight excluding hydrogens is 346 g/mol. The monoisotopic (exact) mass is 359 g/mol. The van der Waals surface area contributed by atoms with Crippen molar-refractivity contribution in [3.63, 3.8) is 0 Å². The molecule has 1 heterocycles. The number of aryl methyl sites for hydroxylation is 1. The van der Waals surface area contributed by atoms with Gasteiger partial charge in [-0.2, -0.15) is 0 Å². The number of rotatable bonds is 4. The molecule has 0 saturated heterocycles. The van der Waals surface area contributed by atoms with Gasteiger partial charge in [0, 0.05) is 15.4 Å². The predicted octanol–water partition coefficient (Wildman–Crippen LogP) is 4.37. The normalized spacial score (nSPS) is 10.8. The summed E-state index contributed by atoms with van der Waals surface area (Å²) in [5.74, 6) is -0.123. The molecule has 0 aliphatic carbocycles. The molecule has 1 N–H and O–H groups in total. The molecule has 2 aromatic carbocycles. The molecule has 0 bridgehead atoms. The molecule has 0 radical (unpaired) electrons. The molecule has 0 atom stereocenters. The van der Waals surface area contributed by atoms with Gasteiger partial charge in [0.1, 0.15) is 5.58 Å². The molecule has 0 aliphatic heterocycles. The Labute approximate surface area is 136 Å². The highest BCUT2D eigenvalue weighted by Crippen LogP contribution is 2.27. The van der Waals surface area contributed by atoms with Gasteiger partial charge >= 0.3 is 5.91 Å². The number of hydrogen-bond acceptors (Lipinski definition) is 3. The molecule has 0 fully saturated rings. The van der Waals surface area contributed by atoms with Crippen LogP contribution >= 0.6 is 15.9 Å². The molecule has 0 aliphatic rings. The van der Waals surface area contributed by atoms with Crippen LogP contribution < -0.4 is 5.48 Å². The fraction of sp³-hybridized carbons (Fsp3) is 0.118. The molecule has 4 nitrogen and oxygen atoms in total. The van der Waals surface area contributed by atoms with Gasteiger partial charge in [-0.15, -0.1) is 0 Å². The minimum Gasteiger partial charge on any atom is -0.451 e. The zero-order valence-electron chi connectivity index (χ0n) is 11.9. The topological polar surface area (TPSA) is 51.5 Å². The summed E-state index contributed by atoms with van der Waals surface area (Å²) in [6.07, 6.45) is 0. The Morgan fingerprint density at radius 1 is 1.23 bits per heavy atom. The molecule has 1 aromatic heterocycles. The van der Waals surface area contributed by atoms with Gasteiger partial charge in [-0.3, -0.25) is 9.63 Å². The van der Waals surface area contributed by atoms with Gasteiger partial charge in [0.15, 0.2) is 5.76 Å². The molecule has 0 unspecified atom stereocenters. The maximum absolute atomic E-state index is 12.2. The first-order chi connectivity index (χ1) is 10.6. The minimum atomic E-state index is -0.388. The van der Waals surface area contributed by atoms with Gasteiger partial charge in [0.05, 0.1) is 6.61 Å². The number of hydroxylamine groups is 1. The summed E-state index contributed by atoms with van der Waals surface area (Å²) in [6.45, 7) is 2.15. The van der Waals surface area contributed by atoms with E-state index in [0.717, 1.165) is 21.0 Å². The second-order valence-corrected chi connectivity index (χ2v) is 5.82. The third-order valence-electron chi connectivity index (χ3n) is 3.35. The van der Waals surface area contributed by atoms with Gasteiger partial charge in [-0.25, -0.2) is 5.48 Å². The summed E-state index contributed by atoms with van der Waals surface area (Å²) in [7, 11) is 0. The van der Waals surface area contributed by atoms with Gasteiger partial charge in [-0.05, 0) is 30.7 Å². The lowest BCUT2D eigenvalue weighted by Crippen LogP contribution is -2.23. The number of nitrogens with one attached hydrogen (secondary N) is 1. The summed E-state index contributed by atoms with van der Waals surface area (Å²) < 4.78 is 6.55. The number of amides is 1. The van der Waals surface area contributed by atoms with Crippen LogP contribution in [0.5, 0.6) is 0 Å². The average molecular weight is 360 g/mol. The quantitative estimate of drug-likeness (QED) is 0.703. The van der Waals surface area contributed by atoms with E-state index >= 15 is 0 Å². The second kappa shape index (κ2) is 6.34. The lowest BCUT2D eigenvalue weighted by atomic mass is 10.1. The van der Waals surface area contributed by atoms with Crippen molar-refractivity contribution in [2.75, 3.05) is 0 Å². The van der Waals surface area contributed by atoms with Gasteiger partial charge in [0.2, 0.25) is 0 Å². The number of furan rings is 1. The molecule has 0 spiro atoms. The van der Waals surface area contributed by atoms with E-state index in [-0.39, 0.29) is 11.7 Å². The standard InChI is InChI=1S/C17H14BrNO3/c1-11-14-9-13(18)7-8-15(14)22-16(11)17(20)19-21-10-12-5-3-2-4-6-12/h2-9H,10H2,1H3,(H,19,20). The summed E-state index contributed by atoms with van der Waals surface area (Å²) in [6, 6.07) is 15.2. The van der Waals surface area contributed by atoms with Crippen LogP contribution in [0.4, 0.5) is 0 Å². The highest BCUT2D eigenvalue weighted by molar-refractivity contribution is 9.10. The first-order valence-electron chi connectivity index (χ1n) is 6.80. The van der Waals surface area contributed by atoms with E-state index in [2.05, 4.69) is 21.4 Å². The molecule has 22 heavy (non-hydrogen) atoms. The van der Waals surface area contributed by atoms with Crippen LogP contribution in [0.15, 0.2) is 57.4 Å². The Morgan fingerprint density at radius 3 is 2.77 bits per heavy atom. The van der Waals surface area contributed by atoms with Crippen molar-refractivity contribution in [1.29, 1.82) is 0 Å². The molecule has 5 heteroatoms. The Kier molecular flexibility index (Phi) is 4.27. The summed E-state index contributed by atoms with van der Waals surface area (Å²) in [5.41, 5.74) is 4.86. The maximum atomic E-state index is 12.2. The van der Waals surface area contributed by atoms with E-state index < -0.39 is 0 Å². The fourth-order valence-corrected chi connectivity index (χ4v) is 2.58. The zero-order valence-corrected chi connectivity index (χ0v) is 13.5. The van der Waals surface area contributed by atoms with Crippen LogP contribution in [0.3, 0.4) is 0 Å². The Balaban J connectivity index is 1.71. The smallest absolute Gasteiger partial charge is 0.310 e. The number of hydrogen-bond donors (Lipinski definition) is 1. The zero-order chi connectivity index (χ0) is 15.5. The minimum absolute atomic E-state index is 0.265. The molecular formula is C17H14BrNO3. The van der Waals surface area contributed by atoms with E-state index in [1.807, 2.05) is 55.5 Å². The molecule has 3 rings (SSSR count). The van der Waals surface area contributed by atoms with Crippen molar-refractivity contribution in [3.05, 3.63) is 69.9 Å². The van der Waals surface area contributed by atoms with E-state index in [9.17, 15) is 4.79 Å². The van der Waals surface area contributed by atoms with Crippen molar-refractivity contribution in [1.82, 2.24) is 5.48 Å².